The molecule has 0 radical (unpaired) electrons. The van der Waals surface area contributed by atoms with E-state index in [0.717, 1.165) is 12.1 Å². The van der Waals surface area contributed by atoms with E-state index in [1.807, 2.05) is 0 Å². The molecular formula is C10H9F6O3P. The minimum Gasteiger partial charge on any atom is -0.324 e. The van der Waals surface area contributed by atoms with Gasteiger partial charge in [-0.3, -0.25) is 9.09 Å². The lowest BCUT2D eigenvalue weighted by Crippen LogP contribution is -2.23. The van der Waals surface area contributed by atoms with Crippen molar-refractivity contribution in [2.45, 2.75) is 18.5 Å². The van der Waals surface area contributed by atoms with Gasteiger partial charge in [0, 0.05) is 6.66 Å². The quantitative estimate of drug-likeness (QED) is 0.672. The van der Waals surface area contributed by atoms with Gasteiger partial charge in [-0.25, -0.2) is 0 Å². The fourth-order valence-corrected chi connectivity index (χ4v) is 2.02. The van der Waals surface area contributed by atoms with Crippen molar-refractivity contribution in [1.82, 2.24) is 0 Å². The Morgan fingerprint density at radius 2 is 1.75 bits per heavy atom. The maximum absolute atomic E-state index is 12.7. The number of benzene rings is 1. The highest BCUT2D eigenvalue weighted by atomic mass is 31.2. The van der Waals surface area contributed by atoms with Crippen LogP contribution < -0.4 is 0 Å². The lowest BCUT2D eigenvalue weighted by Gasteiger charge is -2.23. The molecule has 1 N–H and O–H groups in total. The van der Waals surface area contributed by atoms with Crippen molar-refractivity contribution in [3.8, 4) is 0 Å². The second-order valence-electron chi connectivity index (χ2n) is 3.95. The molecule has 0 saturated heterocycles. The second kappa shape index (κ2) is 5.38. The van der Waals surface area contributed by atoms with Crippen LogP contribution in [0.4, 0.5) is 26.3 Å². The number of halogens is 6. The van der Waals surface area contributed by atoms with Gasteiger partial charge in [0.05, 0.1) is 5.56 Å². The largest absolute Gasteiger partial charge is 0.419 e. The molecule has 0 aliphatic heterocycles. The predicted octanol–water partition coefficient (Wildman–Crippen LogP) is 4.14. The van der Waals surface area contributed by atoms with Gasteiger partial charge < -0.3 is 4.89 Å². The van der Waals surface area contributed by atoms with Gasteiger partial charge in [0.15, 0.2) is 6.10 Å². The molecular weight excluding hydrogens is 313 g/mol. The molecule has 2 atom stereocenters. The van der Waals surface area contributed by atoms with Crippen LogP contribution in [0.5, 0.6) is 0 Å². The van der Waals surface area contributed by atoms with Crippen molar-refractivity contribution >= 4 is 7.60 Å². The van der Waals surface area contributed by atoms with Gasteiger partial charge >= 0.3 is 19.9 Å². The summed E-state index contributed by atoms with van der Waals surface area (Å²) in [5, 5.41) is 0. The molecule has 0 aliphatic rings. The van der Waals surface area contributed by atoms with Crippen molar-refractivity contribution in [2.24, 2.45) is 0 Å². The first-order valence-corrected chi connectivity index (χ1v) is 7.06. The third-order valence-corrected chi connectivity index (χ3v) is 2.72. The number of hydrogen-bond donors (Lipinski definition) is 1. The molecule has 10 heteroatoms. The van der Waals surface area contributed by atoms with E-state index in [0.29, 0.717) is 12.7 Å². The predicted molar refractivity (Wildman–Crippen MR) is 57.1 cm³/mol. The van der Waals surface area contributed by atoms with E-state index in [1.54, 1.807) is 0 Å². The number of hydrogen-bond acceptors (Lipinski definition) is 2. The van der Waals surface area contributed by atoms with E-state index in [9.17, 15) is 30.9 Å². The van der Waals surface area contributed by atoms with E-state index < -0.39 is 37.2 Å². The molecule has 20 heavy (non-hydrogen) atoms. The first kappa shape index (κ1) is 17.0. The molecule has 1 unspecified atom stereocenters. The summed E-state index contributed by atoms with van der Waals surface area (Å²) in [5.41, 5.74) is -2.21. The molecule has 0 aromatic heterocycles. The Hall–Kier alpha value is -1.05. The van der Waals surface area contributed by atoms with E-state index in [2.05, 4.69) is 4.52 Å². The van der Waals surface area contributed by atoms with Crippen molar-refractivity contribution in [3.63, 3.8) is 0 Å². The molecule has 1 aromatic rings. The molecule has 3 nitrogen and oxygen atoms in total. The second-order valence-corrected chi connectivity index (χ2v) is 5.77. The zero-order valence-corrected chi connectivity index (χ0v) is 10.8. The summed E-state index contributed by atoms with van der Waals surface area (Å²) in [7, 11) is -4.54. The van der Waals surface area contributed by atoms with Crippen LogP contribution >= 0.6 is 7.60 Å². The minimum atomic E-state index is -5.13. The molecule has 1 rings (SSSR count). The molecule has 0 fully saturated rings. The Labute approximate surface area is 109 Å². The fourth-order valence-electron chi connectivity index (χ4n) is 1.38. The van der Waals surface area contributed by atoms with Crippen molar-refractivity contribution < 1.29 is 40.3 Å². The first-order valence-electron chi connectivity index (χ1n) is 5.03. The average molecular weight is 322 g/mol. The van der Waals surface area contributed by atoms with Crippen molar-refractivity contribution in [2.75, 3.05) is 6.66 Å². The Bertz CT molecular complexity index is 518. The summed E-state index contributed by atoms with van der Waals surface area (Å²) in [6.45, 7) is 0.513. The summed E-state index contributed by atoms with van der Waals surface area (Å²) in [6, 6.07) is 2.32. The SMILES string of the molecule is CP(=O)(O)O[C@H](c1cccc(C(F)(F)F)c1)C(F)(F)F. The molecule has 0 saturated carbocycles. The van der Waals surface area contributed by atoms with E-state index >= 15 is 0 Å². The van der Waals surface area contributed by atoms with Crippen LogP contribution in [-0.4, -0.2) is 17.7 Å². The molecule has 0 spiro atoms. The third kappa shape index (κ3) is 4.81. The van der Waals surface area contributed by atoms with Crippen LogP contribution in [0.25, 0.3) is 0 Å². The molecule has 0 aliphatic carbocycles. The molecule has 0 bridgehead atoms. The standard InChI is InChI=1S/C10H9F6O3P/c1-20(17,18)19-8(10(14,15)16)6-3-2-4-7(5-6)9(11,12)13/h2-5,8H,1H3,(H,17,18)/t8-/m1/s1. The van der Waals surface area contributed by atoms with E-state index in [4.69, 9.17) is 4.89 Å². The van der Waals surface area contributed by atoms with Crippen LogP contribution in [0.15, 0.2) is 24.3 Å². The van der Waals surface area contributed by atoms with Crippen LogP contribution in [-0.2, 0) is 15.3 Å². The summed E-state index contributed by atoms with van der Waals surface area (Å²) in [6.07, 6.45) is -12.9. The topological polar surface area (TPSA) is 46.5 Å². The zero-order valence-electron chi connectivity index (χ0n) is 9.87. The molecule has 0 amide bonds. The third-order valence-electron chi connectivity index (χ3n) is 2.11. The lowest BCUT2D eigenvalue weighted by atomic mass is 10.1. The maximum Gasteiger partial charge on any atom is 0.419 e. The lowest BCUT2D eigenvalue weighted by molar-refractivity contribution is -0.199. The normalized spacial score (nSPS) is 17.6. The Morgan fingerprint density at radius 3 is 2.15 bits per heavy atom. The van der Waals surface area contributed by atoms with Gasteiger partial charge in [0.2, 0.25) is 0 Å². The van der Waals surface area contributed by atoms with Gasteiger partial charge in [-0.1, -0.05) is 12.1 Å². The summed E-state index contributed by atoms with van der Waals surface area (Å²) >= 11 is 0. The average Bonchev–Trinajstić information content (AvgIpc) is 2.22. The highest BCUT2D eigenvalue weighted by Gasteiger charge is 2.45. The van der Waals surface area contributed by atoms with Gasteiger partial charge in [0.25, 0.3) is 0 Å². The number of alkyl halides is 6. The first-order chi connectivity index (χ1) is 8.81. The van der Waals surface area contributed by atoms with Crippen LogP contribution in [0.3, 0.4) is 0 Å². The summed E-state index contributed by atoms with van der Waals surface area (Å²) < 4.78 is 90.4. The fraction of sp³-hybridized carbons (Fsp3) is 0.400. The monoisotopic (exact) mass is 322 g/mol. The van der Waals surface area contributed by atoms with Gasteiger partial charge in [-0.2, -0.15) is 26.3 Å². The molecule has 1 aromatic carbocycles. The van der Waals surface area contributed by atoms with Crippen molar-refractivity contribution in [1.29, 1.82) is 0 Å². The van der Waals surface area contributed by atoms with Gasteiger partial charge in [0.1, 0.15) is 0 Å². The van der Waals surface area contributed by atoms with Gasteiger partial charge in [-0.05, 0) is 17.7 Å². The smallest absolute Gasteiger partial charge is 0.324 e. The van der Waals surface area contributed by atoms with E-state index in [-0.39, 0.29) is 6.07 Å². The zero-order chi connectivity index (χ0) is 15.8. The highest BCUT2D eigenvalue weighted by Crippen LogP contribution is 2.49. The summed E-state index contributed by atoms with van der Waals surface area (Å²) in [4.78, 5) is 8.85. The Kier molecular flexibility index (Phi) is 4.58. The van der Waals surface area contributed by atoms with E-state index in [1.165, 1.54) is 0 Å². The highest BCUT2D eigenvalue weighted by molar-refractivity contribution is 7.51. The van der Waals surface area contributed by atoms with Gasteiger partial charge in [-0.15, -0.1) is 0 Å². The van der Waals surface area contributed by atoms with Crippen LogP contribution in [0.1, 0.15) is 17.2 Å². The summed E-state index contributed by atoms with van der Waals surface area (Å²) in [5.74, 6) is 0. The molecule has 114 valence electrons. The van der Waals surface area contributed by atoms with Crippen LogP contribution in [0.2, 0.25) is 0 Å². The molecule has 0 heterocycles. The minimum absolute atomic E-state index is 0.230. The Morgan fingerprint density at radius 1 is 1.20 bits per heavy atom. The van der Waals surface area contributed by atoms with Crippen molar-refractivity contribution in [3.05, 3.63) is 35.4 Å². The Balaban J connectivity index is 3.25. The van der Waals surface area contributed by atoms with Crippen LogP contribution in [0, 0.1) is 0 Å². The maximum atomic E-state index is 12.7. The number of rotatable bonds is 3.